The molecule has 0 aliphatic heterocycles. The largest absolute Gasteiger partial charge is 0.480 e. The lowest BCUT2D eigenvalue weighted by atomic mass is 10.1. The Morgan fingerprint density at radius 1 is 1.54 bits per heavy atom. The van der Waals surface area contributed by atoms with E-state index in [4.69, 9.17) is 10.8 Å². The molecule has 4 heteroatoms. The molecule has 74 valence electrons. The van der Waals surface area contributed by atoms with Crippen LogP contribution < -0.4 is 5.73 Å². The number of hydrogen-bond donors (Lipinski definition) is 2. The van der Waals surface area contributed by atoms with Gasteiger partial charge in [0.25, 0.3) is 0 Å². The third kappa shape index (κ3) is 5.14. The number of rotatable bonds is 6. The van der Waals surface area contributed by atoms with Crippen molar-refractivity contribution in [2.24, 2.45) is 5.73 Å². The number of ketones is 1. The first kappa shape index (κ1) is 11.8. The van der Waals surface area contributed by atoms with Gasteiger partial charge in [0.15, 0.2) is 11.8 Å². The summed E-state index contributed by atoms with van der Waals surface area (Å²) < 4.78 is 0. The normalized spacial score (nSPS) is 13.1. The van der Waals surface area contributed by atoms with E-state index in [0.717, 1.165) is 19.3 Å². The van der Waals surface area contributed by atoms with Crippen LogP contribution in [0, 0.1) is 0 Å². The monoisotopic (exact) mass is 185 g/mol. The fraction of sp³-hybridized carbons (Fsp3) is 0.556. The second kappa shape index (κ2) is 6.37. The van der Waals surface area contributed by atoms with Crippen LogP contribution in [0.4, 0.5) is 0 Å². The van der Waals surface area contributed by atoms with Crippen molar-refractivity contribution in [2.45, 2.75) is 32.2 Å². The molecule has 0 radical (unpaired) electrons. The van der Waals surface area contributed by atoms with E-state index in [0.29, 0.717) is 0 Å². The van der Waals surface area contributed by atoms with Gasteiger partial charge < -0.3 is 10.8 Å². The Bertz CT molecular complexity index is 211. The average molecular weight is 185 g/mol. The lowest BCUT2D eigenvalue weighted by molar-refractivity contribution is -0.141. The van der Waals surface area contributed by atoms with Crippen LogP contribution in [0.25, 0.3) is 0 Å². The Balaban J connectivity index is 3.85. The number of nitrogens with two attached hydrogens (primary N) is 1. The number of carbonyl (C=O) groups is 2. The number of unbranched alkanes of at least 4 members (excludes halogenated alkanes) is 2. The van der Waals surface area contributed by atoms with Crippen molar-refractivity contribution in [1.29, 1.82) is 0 Å². The Morgan fingerprint density at radius 2 is 2.15 bits per heavy atom. The highest BCUT2D eigenvalue weighted by Gasteiger charge is 2.17. The molecule has 0 spiro atoms. The van der Waals surface area contributed by atoms with Crippen molar-refractivity contribution in [3.05, 3.63) is 12.2 Å². The summed E-state index contributed by atoms with van der Waals surface area (Å²) in [5, 5.41) is 8.38. The van der Waals surface area contributed by atoms with E-state index in [9.17, 15) is 9.59 Å². The van der Waals surface area contributed by atoms with E-state index < -0.39 is 17.8 Å². The third-order valence-corrected chi connectivity index (χ3v) is 1.58. The first-order valence-corrected chi connectivity index (χ1v) is 4.28. The van der Waals surface area contributed by atoms with E-state index in [1.807, 2.05) is 6.92 Å². The zero-order valence-corrected chi connectivity index (χ0v) is 7.69. The van der Waals surface area contributed by atoms with Gasteiger partial charge in [0.05, 0.1) is 0 Å². The van der Waals surface area contributed by atoms with Crippen LogP contribution in [0.2, 0.25) is 0 Å². The van der Waals surface area contributed by atoms with Crippen LogP contribution >= 0.6 is 0 Å². The predicted octanol–water partition coefficient (Wildman–Crippen LogP) is 0.714. The summed E-state index contributed by atoms with van der Waals surface area (Å²) in [5.74, 6) is -1.84. The lowest BCUT2D eigenvalue weighted by Crippen LogP contribution is -2.37. The molecule has 3 N–H and O–H groups in total. The van der Waals surface area contributed by atoms with Crippen LogP contribution in [-0.2, 0) is 9.59 Å². The predicted molar refractivity (Wildman–Crippen MR) is 49.3 cm³/mol. The zero-order valence-electron chi connectivity index (χ0n) is 7.69. The Morgan fingerprint density at radius 3 is 2.62 bits per heavy atom. The van der Waals surface area contributed by atoms with Gasteiger partial charge in [-0.1, -0.05) is 25.8 Å². The molecular weight excluding hydrogens is 170 g/mol. The maximum absolute atomic E-state index is 11.0. The highest BCUT2D eigenvalue weighted by atomic mass is 16.4. The quantitative estimate of drug-likeness (QED) is 0.363. The van der Waals surface area contributed by atoms with Gasteiger partial charge in [0.2, 0.25) is 0 Å². The summed E-state index contributed by atoms with van der Waals surface area (Å²) in [7, 11) is 0. The summed E-state index contributed by atoms with van der Waals surface area (Å²) >= 11 is 0. The molecule has 0 aromatic carbocycles. The highest BCUT2D eigenvalue weighted by molar-refractivity contribution is 6.07. The van der Waals surface area contributed by atoms with Gasteiger partial charge in [-0.3, -0.25) is 9.59 Å². The second-order valence-electron chi connectivity index (χ2n) is 2.76. The first-order valence-electron chi connectivity index (χ1n) is 4.28. The van der Waals surface area contributed by atoms with Crippen LogP contribution in [0.5, 0.6) is 0 Å². The van der Waals surface area contributed by atoms with E-state index >= 15 is 0 Å². The summed E-state index contributed by atoms with van der Waals surface area (Å²) in [4.78, 5) is 21.2. The number of hydrogen-bond acceptors (Lipinski definition) is 3. The zero-order chi connectivity index (χ0) is 10.3. The van der Waals surface area contributed by atoms with Gasteiger partial charge in [-0.15, -0.1) is 0 Å². The summed E-state index contributed by atoms with van der Waals surface area (Å²) in [5.41, 5.74) is 5.07. The van der Waals surface area contributed by atoms with Crippen LogP contribution in [-0.4, -0.2) is 22.9 Å². The second-order valence-corrected chi connectivity index (χ2v) is 2.76. The van der Waals surface area contributed by atoms with Gasteiger partial charge >= 0.3 is 5.97 Å². The van der Waals surface area contributed by atoms with Crippen LogP contribution in [0.3, 0.4) is 0 Å². The molecule has 0 bridgehead atoms. The Kier molecular flexibility index (Phi) is 5.80. The van der Waals surface area contributed by atoms with Crippen molar-refractivity contribution >= 4 is 11.8 Å². The summed E-state index contributed by atoms with van der Waals surface area (Å²) in [6.07, 6.45) is 5.73. The minimum Gasteiger partial charge on any atom is -0.480 e. The summed E-state index contributed by atoms with van der Waals surface area (Å²) in [6, 6.07) is -1.42. The van der Waals surface area contributed by atoms with Crippen LogP contribution in [0.1, 0.15) is 26.2 Å². The molecule has 0 saturated carbocycles. The number of carbonyl (C=O) groups excluding carboxylic acids is 1. The van der Waals surface area contributed by atoms with Crippen molar-refractivity contribution in [1.82, 2.24) is 0 Å². The van der Waals surface area contributed by atoms with Crippen molar-refractivity contribution < 1.29 is 14.7 Å². The fourth-order valence-corrected chi connectivity index (χ4v) is 0.747. The van der Waals surface area contributed by atoms with Crippen molar-refractivity contribution in [2.75, 3.05) is 0 Å². The number of carboxylic acid groups (broad SMARTS) is 1. The topological polar surface area (TPSA) is 80.4 Å². The molecule has 0 rings (SSSR count). The van der Waals surface area contributed by atoms with Gasteiger partial charge in [-0.2, -0.15) is 0 Å². The first-order chi connectivity index (χ1) is 6.09. The molecule has 0 fully saturated rings. The molecule has 0 aromatic heterocycles. The molecule has 0 aliphatic carbocycles. The van der Waals surface area contributed by atoms with Crippen molar-refractivity contribution in [3.8, 4) is 0 Å². The summed E-state index contributed by atoms with van der Waals surface area (Å²) in [6.45, 7) is 2.04. The van der Waals surface area contributed by atoms with E-state index in [-0.39, 0.29) is 0 Å². The van der Waals surface area contributed by atoms with Gasteiger partial charge in [-0.25, -0.2) is 0 Å². The Labute approximate surface area is 77.4 Å². The van der Waals surface area contributed by atoms with Gasteiger partial charge in [0.1, 0.15) is 0 Å². The standard InChI is InChI=1S/C9H15NO3/c1-2-3-4-5-6-7(11)8(10)9(12)13/h5-6,8H,2-4,10H2,1H3,(H,12,13)/b6-5+. The molecule has 0 aliphatic rings. The molecule has 4 nitrogen and oxygen atoms in total. The fourth-order valence-electron chi connectivity index (χ4n) is 0.747. The maximum atomic E-state index is 11.0. The number of aliphatic carboxylic acids is 1. The smallest absolute Gasteiger partial charge is 0.328 e. The van der Waals surface area contributed by atoms with Crippen molar-refractivity contribution in [3.63, 3.8) is 0 Å². The van der Waals surface area contributed by atoms with E-state index in [2.05, 4.69) is 0 Å². The Hall–Kier alpha value is -1.16. The van der Waals surface area contributed by atoms with E-state index in [1.165, 1.54) is 6.08 Å². The molecular formula is C9H15NO3. The molecule has 0 aromatic rings. The molecule has 1 atom stereocenters. The van der Waals surface area contributed by atoms with Gasteiger partial charge in [-0.05, 0) is 12.5 Å². The van der Waals surface area contributed by atoms with Crippen LogP contribution in [0.15, 0.2) is 12.2 Å². The molecule has 13 heavy (non-hydrogen) atoms. The molecule has 0 heterocycles. The van der Waals surface area contributed by atoms with Gasteiger partial charge in [0, 0.05) is 0 Å². The number of carboxylic acids is 1. The lowest BCUT2D eigenvalue weighted by Gasteiger charge is -1.99. The minimum absolute atomic E-state index is 0.552. The van der Waals surface area contributed by atoms with E-state index in [1.54, 1.807) is 6.08 Å². The minimum atomic E-state index is -1.42. The SMILES string of the molecule is CCCC/C=C/C(=O)C(N)C(=O)O. The molecule has 0 amide bonds. The molecule has 1 unspecified atom stereocenters. The molecule has 0 saturated heterocycles. The average Bonchev–Trinajstić information content (AvgIpc) is 2.10. The number of allylic oxidation sites excluding steroid dienone is 1. The maximum Gasteiger partial charge on any atom is 0.328 e. The highest BCUT2D eigenvalue weighted by Crippen LogP contribution is 1.95. The third-order valence-electron chi connectivity index (χ3n) is 1.58.